The summed E-state index contributed by atoms with van der Waals surface area (Å²) in [7, 11) is 1.90. The van der Waals surface area contributed by atoms with Crippen molar-refractivity contribution in [1.29, 1.82) is 0 Å². The quantitative estimate of drug-likeness (QED) is 0.724. The summed E-state index contributed by atoms with van der Waals surface area (Å²) in [5.41, 5.74) is 1.55. The average Bonchev–Trinajstić information content (AvgIpc) is 2.60. The lowest BCUT2D eigenvalue weighted by molar-refractivity contribution is 0.190. The van der Waals surface area contributed by atoms with Gasteiger partial charge in [-0.1, -0.05) is 51.1 Å². The van der Waals surface area contributed by atoms with Crippen molar-refractivity contribution in [2.24, 2.45) is 5.41 Å². The zero-order chi connectivity index (χ0) is 12.5. The number of hydrogen-bond donors (Lipinski definition) is 0. The minimum Gasteiger partial charge on any atom is -0.415 e. The first-order valence-corrected chi connectivity index (χ1v) is 6.27. The van der Waals surface area contributed by atoms with Gasteiger partial charge in [0.1, 0.15) is 0 Å². The zero-order valence-corrected chi connectivity index (χ0v) is 11.2. The Labute approximate surface area is 105 Å². The van der Waals surface area contributed by atoms with Gasteiger partial charge < -0.3 is 9.47 Å². The lowest BCUT2D eigenvalue weighted by Crippen LogP contribution is -2.37. The molecule has 2 atom stereocenters. The van der Waals surface area contributed by atoms with Gasteiger partial charge in [0.05, 0.1) is 6.10 Å². The normalized spacial score (nSPS) is 25.9. The van der Waals surface area contributed by atoms with Crippen molar-refractivity contribution in [2.75, 3.05) is 6.54 Å². The summed E-state index contributed by atoms with van der Waals surface area (Å²) in [6, 6.07) is 10.8. The second-order valence-corrected chi connectivity index (χ2v) is 6.05. The average molecular weight is 230 g/mol. The van der Waals surface area contributed by atoms with Crippen LogP contribution in [0, 0.1) is 5.41 Å². The molecule has 0 bridgehead atoms. The molecule has 0 amide bonds. The van der Waals surface area contributed by atoms with Crippen LogP contribution in [0.3, 0.4) is 0 Å². The van der Waals surface area contributed by atoms with Gasteiger partial charge in [0.15, 0.2) is 0 Å². The van der Waals surface area contributed by atoms with Gasteiger partial charge in [-0.3, -0.25) is 0 Å². The lowest BCUT2D eigenvalue weighted by Gasteiger charge is -2.29. The highest BCUT2D eigenvalue weighted by atomic mass is 16.5. The lowest BCUT2D eigenvalue weighted by atomic mass is 9.92. The van der Waals surface area contributed by atoms with Gasteiger partial charge >= 0.3 is 7.62 Å². The standard InChI is InChI=1S/C14H21BNO/c1-11-13(12-8-6-5-7-9-12)17-15-16(11)10-14(2,3)4/h5-9,11,13H,10H2,1-4H3/t11-,13-/m0/s1. The van der Waals surface area contributed by atoms with Gasteiger partial charge in [0.2, 0.25) is 0 Å². The molecule has 1 aliphatic rings. The maximum atomic E-state index is 5.81. The molecule has 0 N–H and O–H groups in total. The highest BCUT2D eigenvalue weighted by Gasteiger charge is 2.35. The molecule has 2 nitrogen and oxygen atoms in total. The Bertz CT molecular complexity index is 360. The molecule has 1 aromatic rings. The third kappa shape index (κ3) is 3.11. The second-order valence-electron chi connectivity index (χ2n) is 6.05. The van der Waals surface area contributed by atoms with Crippen molar-refractivity contribution in [2.45, 2.75) is 39.8 Å². The second kappa shape index (κ2) is 4.83. The van der Waals surface area contributed by atoms with Crippen LogP contribution in [0.15, 0.2) is 30.3 Å². The molecule has 1 fully saturated rings. The Balaban J connectivity index is 2.05. The van der Waals surface area contributed by atoms with Crippen molar-refractivity contribution < 1.29 is 4.65 Å². The van der Waals surface area contributed by atoms with E-state index in [9.17, 15) is 0 Å². The topological polar surface area (TPSA) is 12.5 Å². The van der Waals surface area contributed by atoms with Crippen LogP contribution >= 0.6 is 0 Å². The first kappa shape index (κ1) is 12.7. The van der Waals surface area contributed by atoms with E-state index in [4.69, 9.17) is 4.65 Å². The molecule has 0 unspecified atom stereocenters. The molecule has 1 aliphatic heterocycles. The van der Waals surface area contributed by atoms with Gasteiger partial charge in [0.25, 0.3) is 0 Å². The number of hydrogen-bond acceptors (Lipinski definition) is 2. The number of benzene rings is 1. The Kier molecular flexibility index (Phi) is 3.60. The Morgan fingerprint density at radius 3 is 2.47 bits per heavy atom. The number of rotatable bonds is 2. The molecule has 1 radical (unpaired) electrons. The van der Waals surface area contributed by atoms with E-state index in [1.807, 2.05) is 13.7 Å². The van der Waals surface area contributed by atoms with Crippen LogP contribution < -0.4 is 0 Å². The van der Waals surface area contributed by atoms with Gasteiger partial charge in [-0.15, -0.1) is 0 Å². The smallest absolute Gasteiger partial charge is 0.399 e. The van der Waals surface area contributed by atoms with E-state index in [0.29, 0.717) is 11.5 Å². The van der Waals surface area contributed by atoms with Crippen LogP contribution in [0.4, 0.5) is 0 Å². The predicted molar refractivity (Wildman–Crippen MR) is 71.6 cm³/mol. The predicted octanol–water partition coefficient (Wildman–Crippen LogP) is 3.03. The van der Waals surface area contributed by atoms with Crippen molar-refractivity contribution in [3.8, 4) is 0 Å². The summed E-state index contributed by atoms with van der Waals surface area (Å²) in [4.78, 5) is 2.30. The molecule has 2 rings (SSSR count). The molecule has 0 spiro atoms. The summed E-state index contributed by atoms with van der Waals surface area (Å²) >= 11 is 0. The third-order valence-corrected chi connectivity index (χ3v) is 3.09. The summed E-state index contributed by atoms with van der Waals surface area (Å²) in [5, 5.41) is 0. The summed E-state index contributed by atoms with van der Waals surface area (Å²) in [6.45, 7) is 10.0. The first-order chi connectivity index (χ1) is 7.97. The van der Waals surface area contributed by atoms with E-state index in [0.717, 1.165) is 6.54 Å². The van der Waals surface area contributed by atoms with E-state index in [1.54, 1.807) is 0 Å². The van der Waals surface area contributed by atoms with Crippen LogP contribution in [0.1, 0.15) is 39.4 Å². The molecule has 17 heavy (non-hydrogen) atoms. The SMILES string of the molecule is C[C@H]1[C@@H](c2ccccc2)O[B]N1CC(C)(C)C. The van der Waals surface area contributed by atoms with E-state index in [1.165, 1.54) is 5.56 Å². The maximum absolute atomic E-state index is 5.81. The minimum absolute atomic E-state index is 0.165. The fraction of sp³-hybridized carbons (Fsp3) is 0.571. The molecule has 1 saturated heterocycles. The molecule has 1 aromatic carbocycles. The molecule has 0 saturated carbocycles. The third-order valence-electron chi connectivity index (χ3n) is 3.09. The van der Waals surface area contributed by atoms with Gasteiger partial charge in [0, 0.05) is 6.04 Å². The van der Waals surface area contributed by atoms with Crippen LogP contribution in [-0.4, -0.2) is 25.0 Å². The fourth-order valence-electron chi connectivity index (χ4n) is 2.26. The monoisotopic (exact) mass is 230 g/mol. The van der Waals surface area contributed by atoms with Crippen molar-refractivity contribution in [1.82, 2.24) is 4.81 Å². The molecule has 0 aliphatic carbocycles. The number of nitrogens with zero attached hydrogens (tertiary/aromatic N) is 1. The van der Waals surface area contributed by atoms with Crippen molar-refractivity contribution in [3.05, 3.63) is 35.9 Å². The maximum Gasteiger partial charge on any atom is 0.399 e. The van der Waals surface area contributed by atoms with E-state index < -0.39 is 0 Å². The largest absolute Gasteiger partial charge is 0.415 e. The summed E-state index contributed by atoms with van der Waals surface area (Å²) in [6.07, 6.45) is 0.165. The summed E-state index contributed by atoms with van der Waals surface area (Å²) in [5.74, 6) is 0. The van der Waals surface area contributed by atoms with Crippen molar-refractivity contribution in [3.63, 3.8) is 0 Å². The van der Waals surface area contributed by atoms with Crippen molar-refractivity contribution >= 4 is 7.62 Å². The highest BCUT2D eigenvalue weighted by Crippen LogP contribution is 2.31. The first-order valence-electron chi connectivity index (χ1n) is 6.27. The van der Waals surface area contributed by atoms with Gasteiger partial charge in [-0.2, -0.15) is 0 Å². The fourth-order valence-corrected chi connectivity index (χ4v) is 2.26. The summed E-state index contributed by atoms with van der Waals surface area (Å²) < 4.78 is 5.81. The molecular formula is C14H21BNO. The molecule has 0 aromatic heterocycles. The van der Waals surface area contributed by atoms with E-state index in [2.05, 4.69) is 56.8 Å². The van der Waals surface area contributed by atoms with Crippen LogP contribution in [0.5, 0.6) is 0 Å². The van der Waals surface area contributed by atoms with E-state index >= 15 is 0 Å². The highest BCUT2D eigenvalue weighted by molar-refractivity contribution is 6.24. The van der Waals surface area contributed by atoms with E-state index in [-0.39, 0.29) is 6.10 Å². The Morgan fingerprint density at radius 1 is 1.24 bits per heavy atom. The zero-order valence-electron chi connectivity index (χ0n) is 11.2. The van der Waals surface area contributed by atoms with Crippen LogP contribution in [-0.2, 0) is 4.65 Å². The van der Waals surface area contributed by atoms with Gasteiger partial charge in [-0.05, 0) is 24.4 Å². The van der Waals surface area contributed by atoms with Gasteiger partial charge in [-0.25, -0.2) is 0 Å². The van der Waals surface area contributed by atoms with Crippen LogP contribution in [0.2, 0.25) is 0 Å². The minimum atomic E-state index is 0.165. The molecular weight excluding hydrogens is 209 g/mol. The molecule has 3 heteroatoms. The van der Waals surface area contributed by atoms with Crippen LogP contribution in [0.25, 0.3) is 0 Å². The Hall–Kier alpha value is -0.795. The Morgan fingerprint density at radius 2 is 1.88 bits per heavy atom. The molecule has 1 heterocycles. The molecule has 91 valence electrons.